The first-order chi connectivity index (χ1) is 14.0. The van der Waals surface area contributed by atoms with Crippen LogP contribution in [0.4, 0.5) is 0 Å². The van der Waals surface area contributed by atoms with Gasteiger partial charge in [-0.15, -0.1) is 11.3 Å². The predicted octanol–water partition coefficient (Wildman–Crippen LogP) is 4.38. The summed E-state index contributed by atoms with van der Waals surface area (Å²) in [4.78, 5) is 28.6. The van der Waals surface area contributed by atoms with Gasteiger partial charge in [-0.3, -0.25) is 4.79 Å². The van der Waals surface area contributed by atoms with Crippen molar-refractivity contribution in [2.24, 2.45) is 0 Å². The first-order valence-corrected chi connectivity index (χ1v) is 10.1. The van der Waals surface area contributed by atoms with Crippen molar-refractivity contribution in [2.75, 3.05) is 0 Å². The number of nitrogens with one attached hydrogen (secondary N) is 1. The van der Waals surface area contributed by atoms with E-state index in [-0.39, 0.29) is 12.5 Å². The molecule has 2 aromatic carbocycles. The predicted molar refractivity (Wildman–Crippen MR) is 115 cm³/mol. The molecule has 29 heavy (non-hydrogen) atoms. The Kier molecular flexibility index (Phi) is 6.92. The first-order valence-electron chi connectivity index (χ1n) is 9.23. The summed E-state index contributed by atoms with van der Waals surface area (Å²) in [6.45, 7) is 3.70. The van der Waals surface area contributed by atoms with E-state index in [1.165, 1.54) is 23.0 Å². The summed E-state index contributed by atoms with van der Waals surface area (Å²) >= 11 is 1.50. The van der Waals surface area contributed by atoms with E-state index < -0.39 is 12.0 Å². The lowest BCUT2D eigenvalue weighted by Crippen LogP contribution is -2.38. The quantitative estimate of drug-likeness (QED) is 0.467. The second-order valence-electron chi connectivity index (χ2n) is 6.59. The molecule has 1 N–H and O–H groups in total. The molecular formula is C23H22N2O3S. The van der Waals surface area contributed by atoms with Gasteiger partial charge in [0.15, 0.2) is 0 Å². The molecule has 1 heterocycles. The number of aryl methyl sites for hydroxylation is 1. The highest BCUT2D eigenvalue weighted by Crippen LogP contribution is 2.24. The SMILES string of the molecule is Cc1ccc(-c2nc(COC(=O)[C@H](C)NC(=O)/C=C/c3ccccc3)cs2)cc1. The molecule has 3 aromatic rings. The van der Waals surface area contributed by atoms with E-state index in [1.54, 1.807) is 13.0 Å². The van der Waals surface area contributed by atoms with E-state index in [4.69, 9.17) is 4.74 Å². The standard InChI is InChI=1S/C23H22N2O3S/c1-16-8-11-19(12-9-16)22-25-20(15-29-22)14-28-23(27)17(2)24-21(26)13-10-18-6-4-3-5-7-18/h3-13,15,17H,14H2,1-2H3,(H,24,26)/b13-10+/t17-/m0/s1. The molecule has 5 nitrogen and oxygen atoms in total. The lowest BCUT2D eigenvalue weighted by molar-refractivity contribution is -0.148. The number of benzene rings is 2. The van der Waals surface area contributed by atoms with E-state index >= 15 is 0 Å². The molecule has 0 aliphatic carbocycles. The molecule has 0 fully saturated rings. The lowest BCUT2D eigenvalue weighted by atomic mass is 10.2. The number of nitrogens with zero attached hydrogens (tertiary/aromatic N) is 1. The Bertz CT molecular complexity index is 994. The summed E-state index contributed by atoms with van der Waals surface area (Å²) in [6, 6.07) is 16.8. The third-order valence-electron chi connectivity index (χ3n) is 4.15. The number of rotatable bonds is 7. The van der Waals surface area contributed by atoms with Gasteiger partial charge in [-0.05, 0) is 25.5 Å². The second kappa shape index (κ2) is 9.80. The molecule has 1 aromatic heterocycles. The minimum absolute atomic E-state index is 0.0707. The van der Waals surface area contributed by atoms with E-state index in [9.17, 15) is 9.59 Å². The Balaban J connectivity index is 1.48. The third-order valence-corrected chi connectivity index (χ3v) is 5.09. The zero-order valence-electron chi connectivity index (χ0n) is 16.3. The summed E-state index contributed by atoms with van der Waals surface area (Å²) in [6.07, 6.45) is 3.09. The summed E-state index contributed by atoms with van der Waals surface area (Å²) < 4.78 is 5.29. The van der Waals surface area contributed by atoms with Gasteiger partial charge in [-0.1, -0.05) is 60.2 Å². The van der Waals surface area contributed by atoms with Gasteiger partial charge >= 0.3 is 5.97 Å². The maximum atomic E-state index is 12.2. The summed E-state index contributed by atoms with van der Waals surface area (Å²) in [5, 5.41) is 5.35. The van der Waals surface area contributed by atoms with E-state index in [2.05, 4.69) is 10.3 Å². The van der Waals surface area contributed by atoms with Gasteiger partial charge in [0.1, 0.15) is 17.7 Å². The minimum Gasteiger partial charge on any atom is -0.458 e. The first kappa shape index (κ1) is 20.5. The maximum Gasteiger partial charge on any atom is 0.328 e. The largest absolute Gasteiger partial charge is 0.458 e. The molecule has 6 heteroatoms. The summed E-state index contributed by atoms with van der Waals surface area (Å²) in [7, 11) is 0. The molecule has 1 amide bonds. The maximum absolute atomic E-state index is 12.2. The Hall–Kier alpha value is -3.25. The van der Waals surface area contributed by atoms with Crippen molar-refractivity contribution in [3.63, 3.8) is 0 Å². The Labute approximate surface area is 174 Å². The molecule has 0 aliphatic heterocycles. The van der Waals surface area contributed by atoms with Crippen molar-refractivity contribution in [1.82, 2.24) is 10.3 Å². The van der Waals surface area contributed by atoms with Crippen LogP contribution in [0.3, 0.4) is 0 Å². The number of amides is 1. The number of carbonyl (C=O) groups excluding carboxylic acids is 2. The average Bonchev–Trinajstić information content (AvgIpc) is 3.21. The topological polar surface area (TPSA) is 68.3 Å². The van der Waals surface area contributed by atoms with Crippen LogP contribution < -0.4 is 5.32 Å². The van der Waals surface area contributed by atoms with Gasteiger partial charge in [0, 0.05) is 17.0 Å². The van der Waals surface area contributed by atoms with Crippen LogP contribution in [0, 0.1) is 6.92 Å². The van der Waals surface area contributed by atoms with Gasteiger partial charge in [0.25, 0.3) is 0 Å². The van der Waals surface area contributed by atoms with E-state index in [0.29, 0.717) is 5.69 Å². The van der Waals surface area contributed by atoms with Crippen molar-refractivity contribution < 1.29 is 14.3 Å². The highest BCUT2D eigenvalue weighted by molar-refractivity contribution is 7.13. The molecule has 3 rings (SSSR count). The normalized spacial score (nSPS) is 11.9. The monoisotopic (exact) mass is 406 g/mol. The van der Waals surface area contributed by atoms with Crippen molar-refractivity contribution in [1.29, 1.82) is 0 Å². The number of thiazole rings is 1. The number of carbonyl (C=O) groups is 2. The second-order valence-corrected chi connectivity index (χ2v) is 7.45. The molecular weight excluding hydrogens is 384 g/mol. The fraction of sp³-hybridized carbons (Fsp3) is 0.174. The van der Waals surface area contributed by atoms with Crippen LogP contribution >= 0.6 is 11.3 Å². The number of hydrogen-bond donors (Lipinski definition) is 1. The zero-order chi connectivity index (χ0) is 20.6. The van der Waals surface area contributed by atoms with Crippen LogP contribution in [0.15, 0.2) is 66.1 Å². The van der Waals surface area contributed by atoms with Crippen LogP contribution in [0.2, 0.25) is 0 Å². The van der Waals surface area contributed by atoms with Crippen LogP contribution in [-0.2, 0) is 20.9 Å². The van der Waals surface area contributed by atoms with E-state index in [0.717, 1.165) is 16.1 Å². The van der Waals surface area contributed by atoms with Crippen molar-refractivity contribution >= 4 is 29.3 Å². The van der Waals surface area contributed by atoms with E-state index in [1.807, 2.05) is 66.9 Å². The Morgan fingerprint density at radius 1 is 1.14 bits per heavy atom. The van der Waals surface area contributed by atoms with Gasteiger partial charge in [0.2, 0.25) is 5.91 Å². The van der Waals surface area contributed by atoms with Crippen LogP contribution in [0.1, 0.15) is 23.7 Å². The van der Waals surface area contributed by atoms with Crippen molar-refractivity contribution in [3.8, 4) is 10.6 Å². The van der Waals surface area contributed by atoms with Gasteiger partial charge in [-0.25, -0.2) is 9.78 Å². The Morgan fingerprint density at radius 3 is 2.59 bits per heavy atom. The molecule has 0 saturated heterocycles. The van der Waals surface area contributed by atoms with Gasteiger partial charge in [-0.2, -0.15) is 0 Å². The smallest absolute Gasteiger partial charge is 0.328 e. The number of hydrogen-bond acceptors (Lipinski definition) is 5. The number of aromatic nitrogens is 1. The molecule has 0 radical (unpaired) electrons. The molecule has 0 bridgehead atoms. The van der Waals surface area contributed by atoms with Crippen LogP contribution in [-0.4, -0.2) is 22.9 Å². The fourth-order valence-electron chi connectivity index (χ4n) is 2.53. The molecule has 0 saturated carbocycles. The molecule has 0 unspecified atom stereocenters. The van der Waals surface area contributed by atoms with Gasteiger partial charge in [0.05, 0.1) is 5.69 Å². The molecule has 0 aliphatic rings. The third kappa shape index (κ3) is 6.12. The molecule has 0 spiro atoms. The number of esters is 1. The average molecular weight is 407 g/mol. The van der Waals surface area contributed by atoms with Crippen molar-refractivity contribution in [3.05, 3.63) is 82.9 Å². The highest BCUT2D eigenvalue weighted by atomic mass is 32.1. The highest BCUT2D eigenvalue weighted by Gasteiger charge is 2.16. The van der Waals surface area contributed by atoms with Gasteiger partial charge < -0.3 is 10.1 Å². The van der Waals surface area contributed by atoms with Crippen LogP contribution in [0.25, 0.3) is 16.6 Å². The molecule has 148 valence electrons. The number of ether oxygens (including phenoxy) is 1. The van der Waals surface area contributed by atoms with Crippen LogP contribution in [0.5, 0.6) is 0 Å². The lowest BCUT2D eigenvalue weighted by Gasteiger charge is -2.11. The minimum atomic E-state index is -0.752. The zero-order valence-corrected chi connectivity index (χ0v) is 17.1. The van der Waals surface area contributed by atoms with Crippen molar-refractivity contribution in [2.45, 2.75) is 26.5 Å². The fourth-order valence-corrected chi connectivity index (χ4v) is 3.34. The molecule has 1 atom stereocenters. The summed E-state index contributed by atoms with van der Waals surface area (Å²) in [5.41, 5.74) is 3.81. The Morgan fingerprint density at radius 2 is 1.86 bits per heavy atom. The summed E-state index contributed by atoms with van der Waals surface area (Å²) in [5.74, 6) is -0.857.